The number of hydrogen-bond donors (Lipinski definition) is 1. The van der Waals surface area contributed by atoms with Crippen molar-refractivity contribution in [2.75, 3.05) is 0 Å². The molecule has 2 N–H and O–H groups in total. The van der Waals surface area contributed by atoms with E-state index in [0.29, 0.717) is 6.54 Å². The van der Waals surface area contributed by atoms with E-state index in [4.69, 9.17) is 5.73 Å². The van der Waals surface area contributed by atoms with Crippen LogP contribution in [-0.4, -0.2) is 9.78 Å². The van der Waals surface area contributed by atoms with Crippen molar-refractivity contribution < 1.29 is 0 Å². The van der Waals surface area contributed by atoms with Gasteiger partial charge in [-0.05, 0) is 6.07 Å². The minimum absolute atomic E-state index is 0. The first-order chi connectivity index (χ1) is 3.83. The van der Waals surface area contributed by atoms with Gasteiger partial charge in [-0.1, -0.05) is 0 Å². The molecule has 1 rings (SSSR count). The number of rotatable bonds is 1. The summed E-state index contributed by atoms with van der Waals surface area (Å²) in [4.78, 5) is 0. The molecule has 0 aliphatic heterocycles. The van der Waals surface area contributed by atoms with Crippen LogP contribution < -0.4 is 5.73 Å². The second-order valence-corrected chi connectivity index (χ2v) is 1.68. The van der Waals surface area contributed by atoms with E-state index in [2.05, 4.69) is 5.10 Å². The predicted molar refractivity (Wildman–Crippen MR) is 45.6 cm³/mol. The fraction of sp³-hybridized carbons (Fsp3) is 0.400. The quantitative estimate of drug-likeness (QED) is 0.698. The van der Waals surface area contributed by atoms with Crippen LogP contribution in [0.5, 0.6) is 0 Å². The molecule has 0 amide bonds. The second-order valence-electron chi connectivity index (χ2n) is 1.68. The molecule has 10 heavy (non-hydrogen) atoms. The molecule has 0 aromatic carbocycles. The lowest BCUT2D eigenvalue weighted by Gasteiger charge is -1.84. The van der Waals surface area contributed by atoms with E-state index in [-0.39, 0.29) is 24.8 Å². The third-order valence-electron chi connectivity index (χ3n) is 0.978. The highest BCUT2D eigenvalue weighted by Gasteiger charge is 1.88. The van der Waals surface area contributed by atoms with Crippen LogP contribution in [0.15, 0.2) is 12.3 Å². The van der Waals surface area contributed by atoms with Crippen LogP contribution in [0.25, 0.3) is 0 Å². The lowest BCUT2D eigenvalue weighted by Crippen LogP contribution is -1.98. The molecule has 0 unspecified atom stereocenters. The molecule has 1 heterocycles. The highest BCUT2D eigenvalue weighted by molar-refractivity contribution is 5.85. The van der Waals surface area contributed by atoms with Crippen LogP contribution in [-0.2, 0) is 13.6 Å². The van der Waals surface area contributed by atoms with E-state index in [0.717, 1.165) is 5.69 Å². The normalized spacial score (nSPS) is 7.80. The molecule has 0 aliphatic rings. The van der Waals surface area contributed by atoms with Gasteiger partial charge >= 0.3 is 0 Å². The number of halogens is 2. The summed E-state index contributed by atoms with van der Waals surface area (Å²) in [5.41, 5.74) is 6.22. The van der Waals surface area contributed by atoms with Crippen LogP contribution in [0.4, 0.5) is 0 Å². The summed E-state index contributed by atoms with van der Waals surface area (Å²) in [7, 11) is 1.87. The lowest BCUT2D eigenvalue weighted by atomic mass is 10.4. The summed E-state index contributed by atoms with van der Waals surface area (Å²) in [5.74, 6) is 0. The Kier molecular flexibility index (Phi) is 6.87. The summed E-state index contributed by atoms with van der Waals surface area (Å²) in [5, 5.41) is 4.02. The lowest BCUT2D eigenvalue weighted by molar-refractivity contribution is 0.742. The summed E-state index contributed by atoms with van der Waals surface area (Å²) < 4.78 is 1.74. The van der Waals surface area contributed by atoms with Crippen molar-refractivity contribution in [1.29, 1.82) is 0 Å². The zero-order valence-electron chi connectivity index (χ0n) is 5.65. The zero-order valence-corrected chi connectivity index (χ0v) is 7.28. The smallest absolute Gasteiger partial charge is 0.0760 e. The van der Waals surface area contributed by atoms with Crippen LogP contribution in [0, 0.1) is 0 Å². The maximum atomic E-state index is 5.29. The van der Waals surface area contributed by atoms with Gasteiger partial charge in [-0.3, -0.25) is 4.68 Å². The van der Waals surface area contributed by atoms with Crippen LogP contribution in [0.3, 0.4) is 0 Å². The fourth-order valence-corrected chi connectivity index (χ4v) is 0.572. The second kappa shape index (κ2) is 5.53. The molecule has 0 fully saturated rings. The molecule has 0 spiro atoms. The van der Waals surface area contributed by atoms with Gasteiger partial charge in [0, 0.05) is 19.8 Å². The molecule has 0 radical (unpaired) electrons. The van der Waals surface area contributed by atoms with Crippen molar-refractivity contribution in [3.8, 4) is 0 Å². The maximum absolute atomic E-state index is 5.29. The van der Waals surface area contributed by atoms with Crippen molar-refractivity contribution in [2.24, 2.45) is 12.8 Å². The highest BCUT2D eigenvalue weighted by Crippen LogP contribution is 1.89. The third kappa shape index (κ3) is 3.06. The van der Waals surface area contributed by atoms with Gasteiger partial charge in [0.25, 0.3) is 0 Å². The fourth-order valence-electron chi connectivity index (χ4n) is 0.572. The van der Waals surface area contributed by atoms with Crippen molar-refractivity contribution in [1.82, 2.24) is 9.78 Å². The van der Waals surface area contributed by atoms with Gasteiger partial charge in [0.15, 0.2) is 0 Å². The van der Waals surface area contributed by atoms with E-state index < -0.39 is 0 Å². The minimum Gasteiger partial charge on any atom is -0.325 e. The topological polar surface area (TPSA) is 43.8 Å². The molecule has 0 saturated carbocycles. The third-order valence-corrected chi connectivity index (χ3v) is 0.978. The predicted octanol–water partition coefficient (Wildman–Crippen LogP) is 0.722. The standard InChI is InChI=1S/C5H9N3.2ClH/c1-8-3-2-5(4-6)7-8;;/h2-3H,4,6H2,1H3;2*1H. The average Bonchev–Trinajstić information content (AvgIpc) is 2.14. The van der Waals surface area contributed by atoms with E-state index in [1.807, 2.05) is 19.3 Å². The monoisotopic (exact) mass is 183 g/mol. The van der Waals surface area contributed by atoms with Gasteiger partial charge in [-0.25, -0.2) is 0 Å². The van der Waals surface area contributed by atoms with Gasteiger partial charge < -0.3 is 5.73 Å². The SMILES string of the molecule is Cl.Cl.Cn1ccc(CN)n1. The molecule has 0 saturated heterocycles. The Hall–Kier alpha value is -0.250. The molecule has 0 atom stereocenters. The molecule has 5 heteroatoms. The number of aromatic nitrogens is 2. The minimum atomic E-state index is 0. The number of nitrogens with two attached hydrogens (primary N) is 1. The van der Waals surface area contributed by atoms with Gasteiger partial charge in [0.2, 0.25) is 0 Å². The molecule has 0 aliphatic carbocycles. The van der Waals surface area contributed by atoms with Crippen LogP contribution in [0.1, 0.15) is 5.69 Å². The highest BCUT2D eigenvalue weighted by atomic mass is 35.5. The van der Waals surface area contributed by atoms with E-state index >= 15 is 0 Å². The Morgan fingerprint density at radius 3 is 2.40 bits per heavy atom. The Bertz CT molecular complexity index is 175. The van der Waals surface area contributed by atoms with E-state index in [1.54, 1.807) is 4.68 Å². The van der Waals surface area contributed by atoms with Gasteiger partial charge in [-0.15, -0.1) is 24.8 Å². The largest absolute Gasteiger partial charge is 0.325 e. The molecule has 1 aromatic heterocycles. The molecule has 1 aromatic rings. The molecule has 0 bridgehead atoms. The molecular weight excluding hydrogens is 173 g/mol. The summed E-state index contributed by atoms with van der Waals surface area (Å²) in [6.45, 7) is 0.529. The van der Waals surface area contributed by atoms with Crippen molar-refractivity contribution in [3.05, 3.63) is 18.0 Å². The Labute approximate surface area is 72.4 Å². The van der Waals surface area contributed by atoms with E-state index in [9.17, 15) is 0 Å². The Morgan fingerprint density at radius 2 is 2.20 bits per heavy atom. The molecular formula is C5H11Cl2N3. The van der Waals surface area contributed by atoms with Crippen LogP contribution in [0.2, 0.25) is 0 Å². The maximum Gasteiger partial charge on any atom is 0.0760 e. The first-order valence-electron chi connectivity index (χ1n) is 2.51. The Balaban J connectivity index is 0. The summed E-state index contributed by atoms with van der Waals surface area (Å²) in [6, 6.07) is 1.90. The molecule has 3 nitrogen and oxygen atoms in total. The number of aryl methyl sites for hydroxylation is 1. The first kappa shape index (κ1) is 12.4. The summed E-state index contributed by atoms with van der Waals surface area (Å²) in [6.07, 6.45) is 1.88. The molecule has 60 valence electrons. The Morgan fingerprint density at radius 1 is 1.60 bits per heavy atom. The van der Waals surface area contributed by atoms with Crippen molar-refractivity contribution >= 4 is 24.8 Å². The zero-order chi connectivity index (χ0) is 5.98. The van der Waals surface area contributed by atoms with Crippen molar-refractivity contribution in [2.45, 2.75) is 6.54 Å². The van der Waals surface area contributed by atoms with Gasteiger partial charge in [0.05, 0.1) is 5.69 Å². The van der Waals surface area contributed by atoms with Gasteiger partial charge in [-0.2, -0.15) is 5.10 Å². The average molecular weight is 184 g/mol. The van der Waals surface area contributed by atoms with Gasteiger partial charge in [0.1, 0.15) is 0 Å². The summed E-state index contributed by atoms with van der Waals surface area (Å²) >= 11 is 0. The van der Waals surface area contributed by atoms with Crippen LogP contribution >= 0.6 is 24.8 Å². The number of hydrogen-bond acceptors (Lipinski definition) is 2. The first-order valence-corrected chi connectivity index (χ1v) is 2.51. The van der Waals surface area contributed by atoms with Crippen molar-refractivity contribution in [3.63, 3.8) is 0 Å². The van der Waals surface area contributed by atoms with E-state index in [1.165, 1.54) is 0 Å². The number of nitrogens with zero attached hydrogens (tertiary/aromatic N) is 2.